The van der Waals surface area contributed by atoms with Gasteiger partial charge < -0.3 is 25.0 Å². The summed E-state index contributed by atoms with van der Waals surface area (Å²) in [5, 5.41) is 16.1. The van der Waals surface area contributed by atoms with Crippen LogP contribution in [-0.4, -0.2) is 66.9 Å². The van der Waals surface area contributed by atoms with E-state index in [1.807, 2.05) is 12.1 Å². The van der Waals surface area contributed by atoms with Crippen LogP contribution in [0.4, 0.5) is 21.7 Å². The maximum atomic E-state index is 14.7. The number of hydrogen-bond acceptors (Lipinski definition) is 8. The van der Waals surface area contributed by atoms with Gasteiger partial charge in [0.15, 0.2) is 11.6 Å². The summed E-state index contributed by atoms with van der Waals surface area (Å²) in [5.74, 6) is 0.205. The van der Waals surface area contributed by atoms with Gasteiger partial charge in [-0.15, -0.1) is 0 Å². The van der Waals surface area contributed by atoms with Gasteiger partial charge in [0.1, 0.15) is 6.23 Å². The summed E-state index contributed by atoms with van der Waals surface area (Å²) in [6.45, 7) is 7.60. The first-order chi connectivity index (χ1) is 17.5. The monoisotopic (exact) mass is 494 g/mol. The highest BCUT2D eigenvalue weighted by Gasteiger charge is 2.17. The number of aliphatic hydroxyl groups is 1. The number of piperazine rings is 1. The molecule has 1 aliphatic heterocycles. The van der Waals surface area contributed by atoms with Gasteiger partial charge in [0.05, 0.1) is 7.11 Å². The highest BCUT2D eigenvalue weighted by atomic mass is 19.1. The Morgan fingerprint density at radius 3 is 2.36 bits per heavy atom. The SMILES string of the molecule is CCN1CCN(c2ccc(Nc3ncc(CCc4cc(C(O)NC)cc(OC)c4F)cn3)cc2)CC1. The molecule has 0 spiro atoms. The zero-order chi connectivity index (χ0) is 25.5. The number of anilines is 3. The molecule has 3 aromatic rings. The maximum Gasteiger partial charge on any atom is 0.227 e. The minimum atomic E-state index is -0.896. The third-order valence-electron chi connectivity index (χ3n) is 6.64. The van der Waals surface area contributed by atoms with E-state index in [0.717, 1.165) is 44.0 Å². The first-order valence-electron chi connectivity index (χ1n) is 12.4. The van der Waals surface area contributed by atoms with E-state index in [-0.39, 0.29) is 5.75 Å². The smallest absolute Gasteiger partial charge is 0.227 e. The first kappa shape index (κ1) is 25.8. The van der Waals surface area contributed by atoms with E-state index in [0.29, 0.717) is 29.9 Å². The fourth-order valence-corrected chi connectivity index (χ4v) is 4.37. The Labute approximate surface area is 212 Å². The highest BCUT2D eigenvalue weighted by Crippen LogP contribution is 2.27. The molecule has 1 fully saturated rings. The number of benzene rings is 2. The van der Waals surface area contributed by atoms with Crippen molar-refractivity contribution >= 4 is 17.3 Å². The van der Waals surface area contributed by atoms with Crippen LogP contribution in [-0.2, 0) is 12.8 Å². The predicted molar refractivity (Wildman–Crippen MR) is 140 cm³/mol. The molecule has 0 radical (unpaired) electrons. The van der Waals surface area contributed by atoms with Gasteiger partial charge in [0.2, 0.25) is 5.95 Å². The van der Waals surface area contributed by atoms with E-state index in [1.54, 1.807) is 25.5 Å². The van der Waals surface area contributed by atoms with Crippen molar-refractivity contribution < 1.29 is 14.2 Å². The second-order valence-electron chi connectivity index (χ2n) is 8.90. The van der Waals surface area contributed by atoms with Gasteiger partial charge in [0.25, 0.3) is 0 Å². The van der Waals surface area contributed by atoms with Crippen LogP contribution in [0, 0.1) is 5.82 Å². The minimum Gasteiger partial charge on any atom is -0.494 e. The molecule has 1 aromatic heterocycles. The summed E-state index contributed by atoms with van der Waals surface area (Å²) >= 11 is 0. The minimum absolute atomic E-state index is 0.113. The van der Waals surface area contributed by atoms with Crippen LogP contribution in [0.15, 0.2) is 48.8 Å². The lowest BCUT2D eigenvalue weighted by Crippen LogP contribution is -2.46. The fourth-order valence-electron chi connectivity index (χ4n) is 4.37. The van der Waals surface area contributed by atoms with Crippen molar-refractivity contribution in [3.05, 3.63) is 71.3 Å². The molecule has 192 valence electrons. The normalized spacial score (nSPS) is 15.1. The molecule has 0 aliphatic carbocycles. The number of nitrogens with zero attached hydrogens (tertiary/aromatic N) is 4. The molecule has 0 amide bonds. The van der Waals surface area contributed by atoms with Crippen LogP contribution >= 0.6 is 0 Å². The van der Waals surface area contributed by atoms with Gasteiger partial charge in [-0.2, -0.15) is 0 Å². The number of nitrogens with one attached hydrogen (secondary N) is 2. The third-order valence-corrected chi connectivity index (χ3v) is 6.64. The predicted octanol–water partition coefficient (Wildman–Crippen LogP) is 3.51. The number of hydrogen-bond donors (Lipinski definition) is 3. The number of rotatable bonds is 10. The summed E-state index contributed by atoms with van der Waals surface area (Å²) in [6, 6.07) is 11.5. The van der Waals surface area contributed by atoms with Crippen LogP contribution in [0.5, 0.6) is 5.75 Å². The average Bonchev–Trinajstić information content (AvgIpc) is 2.93. The Morgan fingerprint density at radius 2 is 1.75 bits per heavy atom. The van der Waals surface area contributed by atoms with E-state index in [4.69, 9.17) is 4.74 Å². The van der Waals surface area contributed by atoms with Gasteiger partial charge in [-0.3, -0.25) is 5.32 Å². The van der Waals surface area contributed by atoms with Gasteiger partial charge in [-0.05, 0) is 79.5 Å². The highest BCUT2D eigenvalue weighted by molar-refractivity contribution is 5.59. The summed E-state index contributed by atoms with van der Waals surface area (Å²) in [4.78, 5) is 13.7. The Bertz CT molecular complexity index is 1120. The number of aliphatic hydroxyl groups excluding tert-OH is 1. The number of likely N-dealkylation sites (N-methyl/N-ethyl adjacent to an activating group) is 1. The molecule has 1 unspecified atom stereocenters. The van der Waals surface area contributed by atoms with Gasteiger partial charge in [-0.25, -0.2) is 14.4 Å². The standard InChI is InChI=1S/C27H35FN6O2/c1-4-33-11-13-34(14-12-33)23-9-7-22(8-10-23)32-27-30-17-19(18-31-27)5-6-20-15-21(26(35)29-2)16-24(36-3)25(20)28/h7-10,15-18,26,29,35H,4-6,11-14H2,1-3H3,(H,30,31,32). The molecule has 0 saturated carbocycles. The Balaban J connectivity index is 1.34. The van der Waals surface area contributed by atoms with E-state index in [1.165, 1.54) is 18.9 Å². The molecule has 0 bridgehead atoms. The fraction of sp³-hybridized carbons (Fsp3) is 0.407. The van der Waals surface area contributed by atoms with Crippen LogP contribution in [0.2, 0.25) is 0 Å². The molecule has 3 N–H and O–H groups in total. The zero-order valence-electron chi connectivity index (χ0n) is 21.2. The summed E-state index contributed by atoms with van der Waals surface area (Å²) in [5.41, 5.74) is 4.06. The largest absolute Gasteiger partial charge is 0.494 e. The molecule has 8 nitrogen and oxygen atoms in total. The number of aryl methyl sites for hydroxylation is 2. The number of methoxy groups -OCH3 is 1. The molecule has 1 aliphatic rings. The lowest BCUT2D eigenvalue weighted by atomic mass is 10.0. The molecule has 4 rings (SSSR count). The van der Waals surface area contributed by atoms with E-state index >= 15 is 0 Å². The molecule has 9 heteroatoms. The second kappa shape index (κ2) is 12.1. The van der Waals surface area contributed by atoms with Crippen molar-refractivity contribution in [1.82, 2.24) is 20.2 Å². The van der Waals surface area contributed by atoms with Gasteiger partial charge in [-0.1, -0.05) is 6.92 Å². The Kier molecular flexibility index (Phi) is 8.69. The average molecular weight is 495 g/mol. The summed E-state index contributed by atoms with van der Waals surface area (Å²) < 4.78 is 19.9. The quantitative estimate of drug-likeness (QED) is 0.369. The van der Waals surface area contributed by atoms with Crippen molar-refractivity contribution in [2.45, 2.75) is 26.0 Å². The first-order valence-corrected chi connectivity index (χ1v) is 12.4. The second-order valence-corrected chi connectivity index (χ2v) is 8.90. The molecule has 1 saturated heterocycles. The number of ether oxygens (including phenoxy) is 1. The molecular weight excluding hydrogens is 459 g/mol. The van der Waals surface area contributed by atoms with Crippen LogP contribution in [0.3, 0.4) is 0 Å². The van der Waals surface area contributed by atoms with Crippen LogP contribution in [0.1, 0.15) is 29.8 Å². The Hall–Kier alpha value is -3.27. The lowest BCUT2D eigenvalue weighted by molar-refractivity contribution is 0.148. The van der Waals surface area contributed by atoms with Crippen molar-refractivity contribution in [1.29, 1.82) is 0 Å². The van der Waals surface area contributed by atoms with Crippen LogP contribution in [0.25, 0.3) is 0 Å². The molecule has 1 atom stereocenters. The molecule has 36 heavy (non-hydrogen) atoms. The molecule has 2 aromatic carbocycles. The van der Waals surface area contributed by atoms with Crippen molar-refractivity contribution in [2.75, 3.05) is 57.1 Å². The number of halogens is 1. The molecule has 2 heterocycles. The topological polar surface area (TPSA) is 85.8 Å². The van der Waals surface area contributed by atoms with E-state index in [2.05, 4.69) is 49.5 Å². The summed E-state index contributed by atoms with van der Waals surface area (Å²) in [7, 11) is 3.05. The van der Waals surface area contributed by atoms with Gasteiger partial charge in [0, 0.05) is 49.9 Å². The van der Waals surface area contributed by atoms with E-state index in [9.17, 15) is 9.50 Å². The van der Waals surface area contributed by atoms with Gasteiger partial charge >= 0.3 is 0 Å². The zero-order valence-corrected chi connectivity index (χ0v) is 21.2. The Morgan fingerprint density at radius 1 is 1.06 bits per heavy atom. The third kappa shape index (κ3) is 6.29. The van der Waals surface area contributed by atoms with Crippen LogP contribution < -0.4 is 20.3 Å². The van der Waals surface area contributed by atoms with E-state index < -0.39 is 12.0 Å². The van der Waals surface area contributed by atoms with Crippen molar-refractivity contribution in [2.24, 2.45) is 0 Å². The summed E-state index contributed by atoms with van der Waals surface area (Å²) in [6.07, 6.45) is 3.58. The molecular formula is C27H35FN6O2. The van der Waals surface area contributed by atoms with Crippen molar-refractivity contribution in [3.8, 4) is 5.75 Å². The van der Waals surface area contributed by atoms with Crippen molar-refractivity contribution in [3.63, 3.8) is 0 Å². The maximum absolute atomic E-state index is 14.7. The number of aromatic nitrogens is 2. The lowest BCUT2D eigenvalue weighted by Gasteiger charge is -2.35.